The van der Waals surface area contributed by atoms with Crippen LogP contribution >= 0.6 is 11.3 Å². The molecule has 0 radical (unpaired) electrons. The summed E-state index contributed by atoms with van der Waals surface area (Å²) in [7, 11) is 0. The zero-order valence-corrected chi connectivity index (χ0v) is 15.1. The number of urea groups is 1. The van der Waals surface area contributed by atoms with Crippen LogP contribution in [0.25, 0.3) is 10.2 Å². The Hall–Kier alpha value is -3.01. The summed E-state index contributed by atoms with van der Waals surface area (Å²) >= 11 is 0.969. The van der Waals surface area contributed by atoms with Crippen molar-refractivity contribution in [1.82, 2.24) is 10.3 Å². The van der Waals surface area contributed by atoms with Crippen LogP contribution in [0.5, 0.6) is 11.5 Å². The molecule has 6 nitrogen and oxygen atoms in total. The normalized spacial score (nSPS) is 16.0. The van der Waals surface area contributed by atoms with Crippen LogP contribution < -0.4 is 20.1 Å². The molecule has 2 N–H and O–H groups in total. The average Bonchev–Trinajstić information content (AvgIpc) is 3.07. The van der Waals surface area contributed by atoms with E-state index < -0.39 is 17.8 Å². The molecular formula is C18H14F3N3O3S. The quantitative estimate of drug-likeness (QED) is 0.678. The van der Waals surface area contributed by atoms with E-state index in [4.69, 9.17) is 9.47 Å². The molecule has 1 unspecified atom stereocenters. The Balaban J connectivity index is 1.35. The van der Waals surface area contributed by atoms with Crippen molar-refractivity contribution in [2.24, 2.45) is 0 Å². The first-order chi connectivity index (χ1) is 13.4. The maximum Gasteiger partial charge on any atom is 0.416 e. The van der Waals surface area contributed by atoms with Crippen molar-refractivity contribution in [2.45, 2.75) is 12.3 Å². The van der Waals surface area contributed by atoms with Gasteiger partial charge in [0.2, 0.25) is 0 Å². The second kappa shape index (κ2) is 7.19. The molecule has 0 saturated heterocycles. The van der Waals surface area contributed by atoms with Crippen molar-refractivity contribution in [1.29, 1.82) is 0 Å². The topological polar surface area (TPSA) is 72.5 Å². The molecule has 1 atom stereocenters. The molecule has 1 aliphatic rings. The van der Waals surface area contributed by atoms with E-state index in [-0.39, 0.29) is 17.8 Å². The second-order valence-electron chi connectivity index (χ2n) is 6.03. The Morgan fingerprint density at radius 1 is 1.21 bits per heavy atom. The third kappa shape index (κ3) is 3.96. The standard InChI is InChI=1S/C18H14F3N3O3S/c19-18(20,21)10-5-6-12-15(7-10)28-17(23-12)24-16(25)22-8-11-9-26-13-3-1-2-4-14(13)27-11/h1-7,11H,8-9H2,(H2,22,23,24,25). The summed E-state index contributed by atoms with van der Waals surface area (Å²) in [5.41, 5.74) is -0.372. The highest BCUT2D eigenvalue weighted by atomic mass is 32.1. The molecule has 0 saturated carbocycles. The van der Waals surface area contributed by atoms with Crippen molar-refractivity contribution in [3.8, 4) is 11.5 Å². The highest BCUT2D eigenvalue weighted by Crippen LogP contribution is 2.34. The van der Waals surface area contributed by atoms with Gasteiger partial charge in [0.25, 0.3) is 0 Å². The van der Waals surface area contributed by atoms with E-state index >= 15 is 0 Å². The molecule has 1 aromatic heterocycles. The molecule has 0 aliphatic carbocycles. The Morgan fingerprint density at radius 2 is 2.00 bits per heavy atom. The number of benzene rings is 2. The molecule has 0 spiro atoms. The smallest absolute Gasteiger partial charge is 0.416 e. The third-order valence-corrected chi connectivity index (χ3v) is 4.93. The van der Waals surface area contributed by atoms with Crippen molar-refractivity contribution >= 4 is 32.7 Å². The Labute approximate surface area is 161 Å². The van der Waals surface area contributed by atoms with Gasteiger partial charge in [-0.1, -0.05) is 23.5 Å². The lowest BCUT2D eigenvalue weighted by atomic mass is 10.2. The van der Waals surface area contributed by atoms with Gasteiger partial charge in [-0.15, -0.1) is 0 Å². The van der Waals surface area contributed by atoms with Gasteiger partial charge in [-0.3, -0.25) is 5.32 Å². The number of amides is 2. The summed E-state index contributed by atoms with van der Waals surface area (Å²) in [5.74, 6) is 1.25. The van der Waals surface area contributed by atoms with E-state index in [1.807, 2.05) is 12.1 Å². The van der Waals surface area contributed by atoms with Crippen LogP contribution in [-0.2, 0) is 6.18 Å². The van der Waals surface area contributed by atoms with Gasteiger partial charge in [0.15, 0.2) is 22.7 Å². The Morgan fingerprint density at radius 3 is 2.79 bits per heavy atom. The van der Waals surface area contributed by atoms with Gasteiger partial charge in [0.05, 0.1) is 22.3 Å². The highest BCUT2D eigenvalue weighted by Gasteiger charge is 2.30. The van der Waals surface area contributed by atoms with Crippen LogP contribution in [0.1, 0.15) is 5.56 Å². The summed E-state index contributed by atoms with van der Waals surface area (Å²) in [5, 5.41) is 5.38. The van der Waals surface area contributed by atoms with E-state index in [0.29, 0.717) is 28.3 Å². The van der Waals surface area contributed by atoms with Crippen LogP contribution in [0.2, 0.25) is 0 Å². The van der Waals surface area contributed by atoms with E-state index in [1.54, 1.807) is 12.1 Å². The minimum Gasteiger partial charge on any atom is -0.486 e. The molecule has 0 fully saturated rings. The first kappa shape index (κ1) is 18.4. The fourth-order valence-corrected chi connectivity index (χ4v) is 3.57. The van der Waals surface area contributed by atoms with Gasteiger partial charge >= 0.3 is 12.2 Å². The van der Waals surface area contributed by atoms with Crippen molar-refractivity contribution in [3.63, 3.8) is 0 Å². The molecular weight excluding hydrogens is 395 g/mol. The fraction of sp³-hybridized carbons (Fsp3) is 0.222. The largest absolute Gasteiger partial charge is 0.486 e. The average molecular weight is 409 g/mol. The molecule has 3 aromatic rings. The predicted molar refractivity (Wildman–Crippen MR) is 98.0 cm³/mol. The van der Waals surface area contributed by atoms with Crippen molar-refractivity contribution in [2.75, 3.05) is 18.5 Å². The van der Waals surface area contributed by atoms with Gasteiger partial charge in [-0.2, -0.15) is 13.2 Å². The zero-order chi connectivity index (χ0) is 19.7. The lowest BCUT2D eigenvalue weighted by molar-refractivity contribution is -0.137. The lowest BCUT2D eigenvalue weighted by Gasteiger charge is -2.26. The van der Waals surface area contributed by atoms with Gasteiger partial charge in [-0.25, -0.2) is 9.78 Å². The van der Waals surface area contributed by atoms with E-state index in [0.717, 1.165) is 23.5 Å². The number of ether oxygens (including phenoxy) is 2. The van der Waals surface area contributed by atoms with Gasteiger partial charge in [-0.05, 0) is 30.3 Å². The highest BCUT2D eigenvalue weighted by molar-refractivity contribution is 7.22. The van der Waals surface area contributed by atoms with E-state index in [9.17, 15) is 18.0 Å². The summed E-state index contributed by atoms with van der Waals surface area (Å²) in [4.78, 5) is 16.2. The Kier molecular flexibility index (Phi) is 4.71. The molecule has 0 bridgehead atoms. The van der Waals surface area contributed by atoms with Gasteiger partial charge in [0.1, 0.15) is 6.61 Å². The number of halogens is 3. The molecule has 1 aliphatic heterocycles. The van der Waals surface area contributed by atoms with E-state index in [1.165, 1.54) is 6.07 Å². The second-order valence-corrected chi connectivity index (χ2v) is 7.06. The molecule has 4 rings (SSSR count). The lowest BCUT2D eigenvalue weighted by Crippen LogP contribution is -2.42. The molecule has 2 aromatic carbocycles. The van der Waals surface area contributed by atoms with Crippen molar-refractivity contribution in [3.05, 3.63) is 48.0 Å². The van der Waals surface area contributed by atoms with Crippen LogP contribution in [0, 0.1) is 0 Å². The minimum atomic E-state index is -4.43. The van der Waals surface area contributed by atoms with Crippen LogP contribution in [0.15, 0.2) is 42.5 Å². The summed E-state index contributed by atoms with van der Waals surface area (Å²) in [6.45, 7) is 0.488. The summed E-state index contributed by atoms with van der Waals surface area (Å²) < 4.78 is 50.0. The zero-order valence-electron chi connectivity index (χ0n) is 14.2. The number of fused-ring (bicyclic) bond motifs is 2. The number of rotatable bonds is 3. The third-order valence-electron chi connectivity index (χ3n) is 3.99. The first-order valence-corrected chi connectivity index (χ1v) is 9.11. The fourth-order valence-electron chi connectivity index (χ4n) is 2.67. The van der Waals surface area contributed by atoms with Crippen LogP contribution in [0.4, 0.5) is 23.1 Å². The number of aromatic nitrogens is 1. The van der Waals surface area contributed by atoms with Crippen LogP contribution in [-0.4, -0.2) is 30.3 Å². The number of anilines is 1. The number of thiazole rings is 1. The maximum atomic E-state index is 12.8. The first-order valence-electron chi connectivity index (χ1n) is 8.29. The number of carbonyl (C=O) groups excluding carboxylic acids is 1. The maximum absolute atomic E-state index is 12.8. The van der Waals surface area contributed by atoms with Crippen molar-refractivity contribution < 1.29 is 27.4 Å². The molecule has 2 heterocycles. The van der Waals surface area contributed by atoms with Gasteiger partial charge < -0.3 is 14.8 Å². The number of carbonyl (C=O) groups is 1. The number of nitrogens with one attached hydrogen (secondary N) is 2. The molecule has 146 valence electrons. The van der Waals surface area contributed by atoms with Gasteiger partial charge in [0, 0.05) is 0 Å². The molecule has 2 amide bonds. The number of alkyl halides is 3. The minimum absolute atomic E-state index is 0.198. The summed E-state index contributed by atoms with van der Waals surface area (Å²) in [6.07, 6.45) is -4.78. The number of para-hydroxylation sites is 2. The molecule has 10 heteroatoms. The number of nitrogens with zero attached hydrogens (tertiary/aromatic N) is 1. The predicted octanol–water partition coefficient (Wildman–Crippen LogP) is 4.28. The summed E-state index contributed by atoms with van der Waals surface area (Å²) in [6, 6.07) is 9.96. The Bertz CT molecular complexity index is 1020. The SMILES string of the molecule is O=C(NCC1COc2ccccc2O1)Nc1nc2ccc(C(F)(F)F)cc2s1. The molecule has 28 heavy (non-hydrogen) atoms. The van der Waals surface area contributed by atoms with E-state index in [2.05, 4.69) is 15.6 Å². The monoisotopic (exact) mass is 409 g/mol. The number of hydrogen-bond donors (Lipinski definition) is 2. The van der Waals surface area contributed by atoms with Crippen LogP contribution in [0.3, 0.4) is 0 Å². The number of hydrogen-bond acceptors (Lipinski definition) is 5.